The normalized spacial score (nSPS) is 11.3. The van der Waals surface area contributed by atoms with E-state index in [9.17, 15) is 13.2 Å². The molecule has 1 heterocycles. The average molecular weight is 233 g/mol. The second-order valence-corrected chi connectivity index (χ2v) is 4.20. The summed E-state index contributed by atoms with van der Waals surface area (Å²) in [4.78, 5) is 11.6. The van der Waals surface area contributed by atoms with Crippen LogP contribution in [0, 0.1) is 0 Å². The summed E-state index contributed by atoms with van der Waals surface area (Å²) >= 11 is 0. The molecule has 15 heavy (non-hydrogen) atoms. The van der Waals surface area contributed by atoms with Gasteiger partial charge in [0.2, 0.25) is 0 Å². The molecule has 1 aromatic rings. The second-order valence-electron chi connectivity index (χ2n) is 2.87. The fourth-order valence-electron chi connectivity index (χ4n) is 1.05. The SMILES string of the molecule is CCCN(C(=O)c1ccoc1)S(=O)(=O)O. The lowest BCUT2D eigenvalue weighted by molar-refractivity contribution is 0.0851. The fourth-order valence-corrected chi connectivity index (χ4v) is 1.78. The summed E-state index contributed by atoms with van der Waals surface area (Å²) in [6, 6.07) is 1.33. The molecule has 0 saturated carbocycles. The van der Waals surface area contributed by atoms with E-state index in [-0.39, 0.29) is 12.1 Å². The highest BCUT2D eigenvalue weighted by Gasteiger charge is 2.25. The lowest BCUT2D eigenvalue weighted by Gasteiger charge is -2.16. The summed E-state index contributed by atoms with van der Waals surface area (Å²) in [6.07, 6.45) is 2.79. The summed E-state index contributed by atoms with van der Waals surface area (Å²) in [6.45, 7) is 1.63. The summed E-state index contributed by atoms with van der Waals surface area (Å²) in [5, 5.41) is 0. The molecule has 0 atom stereocenters. The molecular formula is C8H11NO5S. The molecule has 1 N–H and O–H groups in total. The molecule has 0 saturated heterocycles. The Bertz CT molecular complexity index is 422. The van der Waals surface area contributed by atoms with Gasteiger partial charge in [-0.25, -0.2) is 4.31 Å². The Morgan fingerprint density at radius 3 is 2.67 bits per heavy atom. The van der Waals surface area contributed by atoms with Crippen molar-refractivity contribution in [3.05, 3.63) is 24.2 Å². The lowest BCUT2D eigenvalue weighted by atomic mass is 10.3. The highest BCUT2D eigenvalue weighted by atomic mass is 32.2. The van der Waals surface area contributed by atoms with Crippen LogP contribution >= 0.6 is 0 Å². The van der Waals surface area contributed by atoms with E-state index in [2.05, 4.69) is 4.42 Å². The number of hydrogen-bond donors (Lipinski definition) is 1. The van der Waals surface area contributed by atoms with Crippen LogP contribution in [0.2, 0.25) is 0 Å². The maximum absolute atomic E-state index is 11.6. The van der Waals surface area contributed by atoms with Crippen molar-refractivity contribution in [2.24, 2.45) is 0 Å². The molecule has 84 valence electrons. The molecule has 0 aliphatic heterocycles. The molecule has 1 amide bonds. The highest BCUT2D eigenvalue weighted by molar-refractivity contribution is 7.84. The van der Waals surface area contributed by atoms with Crippen LogP contribution in [0.5, 0.6) is 0 Å². The number of carbonyl (C=O) groups excluding carboxylic acids is 1. The van der Waals surface area contributed by atoms with E-state index in [0.717, 1.165) is 6.26 Å². The van der Waals surface area contributed by atoms with Crippen molar-refractivity contribution in [1.29, 1.82) is 0 Å². The predicted octanol–water partition coefficient (Wildman–Crippen LogP) is 0.935. The fraction of sp³-hybridized carbons (Fsp3) is 0.375. The Labute approximate surface area is 87.4 Å². The van der Waals surface area contributed by atoms with E-state index < -0.39 is 16.2 Å². The van der Waals surface area contributed by atoms with Gasteiger partial charge >= 0.3 is 10.3 Å². The molecule has 0 aliphatic rings. The van der Waals surface area contributed by atoms with Crippen LogP contribution in [0.15, 0.2) is 23.0 Å². The van der Waals surface area contributed by atoms with E-state index in [0.29, 0.717) is 10.7 Å². The molecule has 6 nitrogen and oxygen atoms in total. The third-order valence-electron chi connectivity index (χ3n) is 1.70. The Hall–Kier alpha value is -1.34. The minimum atomic E-state index is -4.51. The van der Waals surface area contributed by atoms with Crippen molar-refractivity contribution in [2.75, 3.05) is 6.54 Å². The molecule has 0 fully saturated rings. The van der Waals surface area contributed by atoms with Crippen molar-refractivity contribution >= 4 is 16.2 Å². The predicted molar refractivity (Wildman–Crippen MR) is 51.6 cm³/mol. The van der Waals surface area contributed by atoms with Crippen LogP contribution in [-0.2, 0) is 10.3 Å². The minimum absolute atomic E-state index is 0.0666. The molecule has 0 aliphatic carbocycles. The van der Waals surface area contributed by atoms with E-state index >= 15 is 0 Å². The zero-order valence-corrected chi connectivity index (χ0v) is 8.90. The van der Waals surface area contributed by atoms with Crippen molar-refractivity contribution in [2.45, 2.75) is 13.3 Å². The van der Waals surface area contributed by atoms with Gasteiger partial charge in [0.15, 0.2) is 0 Å². The maximum atomic E-state index is 11.6. The van der Waals surface area contributed by atoms with Crippen LogP contribution in [-0.4, -0.2) is 29.7 Å². The van der Waals surface area contributed by atoms with Crippen LogP contribution in [0.3, 0.4) is 0 Å². The van der Waals surface area contributed by atoms with Gasteiger partial charge in [-0.3, -0.25) is 9.35 Å². The first-order chi connectivity index (χ1) is 6.96. The van der Waals surface area contributed by atoms with Crippen LogP contribution in [0.4, 0.5) is 0 Å². The van der Waals surface area contributed by atoms with E-state index in [4.69, 9.17) is 4.55 Å². The Morgan fingerprint density at radius 1 is 1.60 bits per heavy atom. The van der Waals surface area contributed by atoms with Gasteiger partial charge in [-0.1, -0.05) is 6.92 Å². The third kappa shape index (κ3) is 2.80. The summed E-state index contributed by atoms with van der Waals surface area (Å²) in [5.74, 6) is -0.798. The highest BCUT2D eigenvalue weighted by Crippen LogP contribution is 2.09. The van der Waals surface area contributed by atoms with Crippen LogP contribution < -0.4 is 0 Å². The van der Waals surface area contributed by atoms with E-state index in [1.165, 1.54) is 12.3 Å². The first-order valence-corrected chi connectivity index (χ1v) is 5.68. The first-order valence-electron chi connectivity index (χ1n) is 4.28. The number of carbonyl (C=O) groups is 1. The van der Waals surface area contributed by atoms with Gasteiger partial charge in [-0.15, -0.1) is 0 Å². The quantitative estimate of drug-likeness (QED) is 0.782. The Balaban J connectivity index is 2.96. The Kier molecular flexibility index (Phi) is 3.48. The van der Waals surface area contributed by atoms with Crippen LogP contribution in [0.1, 0.15) is 23.7 Å². The molecule has 0 bridgehead atoms. The van der Waals surface area contributed by atoms with Crippen molar-refractivity contribution in [3.63, 3.8) is 0 Å². The number of furan rings is 1. The third-order valence-corrected chi connectivity index (χ3v) is 2.61. The summed E-state index contributed by atoms with van der Waals surface area (Å²) < 4.78 is 35.7. The monoisotopic (exact) mass is 233 g/mol. The maximum Gasteiger partial charge on any atom is 0.362 e. The smallest absolute Gasteiger partial charge is 0.362 e. The van der Waals surface area contributed by atoms with Crippen molar-refractivity contribution in [1.82, 2.24) is 4.31 Å². The van der Waals surface area contributed by atoms with Gasteiger partial charge in [0.1, 0.15) is 6.26 Å². The molecular weight excluding hydrogens is 222 g/mol. The lowest BCUT2D eigenvalue weighted by Crippen LogP contribution is -2.36. The summed E-state index contributed by atoms with van der Waals surface area (Å²) in [7, 11) is -4.51. The van der Waals surface area contributed by atoms with Gasteiger partial charge in [0.05, 0.1) is 11.8 Å². The number of rotatable bonds is 4. The van der Waals surface area contributed by atoms with Crippen LogP contribution in [0.25, 0.3) is 0 Å². The average Bonchev–Trinajstić information content (AvgIpc) is 2.63. The van der Waals surface area contributed by atoms with Gasteiger partial charge in [0.25, 0.3) is 5.91 Å². The minimum Gasteiger partial charge on any atom is -0.472 e. The molecule has 0 aromatic carbocycles. The zero-order valence-electron chi connectivity index (χ0n) is 8.08. The van der Waals surface area contributed by atoms with Gasteiger partial charge in [-0.05, 0) is 12.5 Å². The van der Waals surface area contributed by atoms with Gasteiger partial charge < -0.3 is 4.42 Å². The number of nitrogens with zero attached hydrogens (tertiary/aromatic N) is 1. The second kappa shape index (κ2) is 4.45. The van der Waals surface area contributed by atoms with Crippen molar-refractivity contribution in [3.8, 4) is 0 Å². The largest absolute Gasteiger partial charge is 0.472 e. The molecule has 7 heteroatoms. The summed E-state index contributed by atoms with van der Waals surface area (Å²) in [5.41, 5.74) is 0.0843. The van der Waals surface area contributed by atoms with Gasteiger partial charge in [0, 0.05) is 6.54 Å². The topological polar surface area (TPSA) is 87.8 Å². The molecule has 1 rings (SSSR count). The standard InChI is InChI=1S/C8H11NO5S/c1-2-4-9(15(11,12)13)8(10)7-3-5-14-6-7/h3,5-6H,2,4H2,1H3,(H,11,12,13). The number of hydrogen-bond acceptors (Lipinski definition) is 4. The molecule has 0 radical (unpaired) electrons. The number of amides is 1. The Morgan fingerprint density at radius 2 is 2.27 bits per heavy atom. The van der Waals surface area contributed by atoms with E-state index in [1.807, 2.05) is 0 Å². The molecule has 0 spiro atoms. The van der Waals surface area contributed by atoms with Crippen molar-refractivity contribution < 1.29 is 22.2 Å². The molecule has 0 unspecified atom stereocenters. The first kappa shape index (κ1) is 11.7. The zero-order chi connectivity index (χ0) is 11.5. The van der Waals surface area contributed by atoms with Gasteiger partial charge in [-0.2, -0.15) is 8.42 Å². The van der Waals surface area contributed by atoms with E-state index in [1.54, 1.807) is 6.92 Å². The molecule has 1 aromatic heterocycles.